The van der Waals surface area contributed by atoms with Gasteiger partial charge in [0.2, 0.25) is 11.8 Å². The minimum atomic E-state index is -1.28. The number of phenolic OH excluding ortho intramolecular Hbond substituents is 2. The Morgan fingerprint density at radius 3 is 2.21 bits per heavy atom. The Morgan fingerprint density at radius 1 is 1.00 bits per heavy atom. The number of benzene rings is 2. The SMILES string of the molecule is CCCC(C)NC(=O)C(c1ccccc1O)N(CCO)C(=O)C(Cc1ccc(O)cc1)NC(=O)OC(C)(C)C. The molecule has 3 amide bonds. The predicted octanol–water partition coefficient (Wildman–Crippen LogP) is 3.40. The second-order valence-corrected chi connectivity index (χ2v) is 10.5. The summed E-state index contributed by atoms with van der Waals surface area (Å²) in [6, 6.07) is 9.67. The van der Waals surface area contributed by atoms with Crippen molar-refractivity contribution in [1.82, 2.24) is 15.5 Å². The van der Waals surface area contributed by atoms with E-state index in [2.05, 4.69) is 10.6 Å². The summed E-state index contributed by atoms with van der Waals surface area (Å²) in [6.07, 6.45) is 0.721. The number of amides is 3. The summed E-state index contributed by atoms with van der Waals surface area (Å²) < 4.78 is 5.38. The first-order chi connectivity index (χ1) is 18.4. The number of ether oxygens (including phenoxy) is 1. The fraction of sp³-hybridized carbons (Fsp3) is 0.483. The van der Waals surface area contributed by atoms with Gasteiger partial charge in [0.15, 0.2) is 0 Å². The van der Waals surface area contributed by atoms with Crippen molar-refractivity contribution in [3.63, 3.8) is 0 Å². The molecule has 0 radical (unpaired) electrons. The molecule has 0 fully saturated rings. The first kappa shape index (κ1) is 31.4. The molecule has 0 aliphatic rings. The second kappa shape index (κ2) is 14.4. The second-order valence-electron chi connectivity index (χ2n) is 10.5. The number of hydrogen-bond donors (Lipinski definition) is 5. The molecule has 2 rings (SSSR count). The van der Waals surface area contributed by atoms with E-state index in [1.807, 2.05) is 13.8 Å². The van der Waals surface area contributed by atoms with Crippen molar-refractivity contribution in [1.29, 1.82) is 0 Å². The van der Waals surface area contributed by atoms with Gasteiger partial charge in [-0.3, -0.25) is 9.59 Å². The van der Waals surface area contributed by atoms with E-state index in [1.54, 1.807) is 45.0 Å². The number of phenols is 2. The molecular formula is C29H41N3O7. The molecule has 0 saturated carbocycles. The molecule has 2 aromatic rings. The van der Waals surface area contributed by atoms with Crippen LogP contribution in [-0.4, -0.2) is 69.0 Å². The van der Waals surface area contributed by atoms with Gasteiger partial charge in [0.25, 0.3) is 0 Å². The van der Waals surface area contributed by atoms with Crippen LogP contribution in [-0.2, 0) is 20.7 Å². The van der Waals surface area contributed by atoms with Gasteiger partial charge in [-0.2, -0.15) is 0 Å². The lowest BCUT2D eigenvalue weighted by atomic mass is 9.99. The third kappa shape index (κ3) is 9.79. The molecule has 10 heteroatoms. The van der Waals surface area contributed by atoms with E-state index in [4.69, 9.17) is 4.74 Å². The summed E-state index contributed by atoms with van der Waals surface area (Å²) in [6.45, 7) is 8.20. The van der Waals surface area contributed by atoms with E-state index in [0.29, 0.717) is 12.0 Å². The number of para-hydroxylation sites is 1. The fourth-order valence-electron chi connectivity index (χ4n) is 4.19. The number of nitrogens with one attached hydrogen (secondary N) is 2. The molecule has 0 heterocycles. The topological polar surface area (TPSA) is 148 Å². The van der Waals surface area contributed by atoms with E-state index in [1.165, 1.54) is 24.3 Å². The molecule has 214 valence electrons. The molecular weight excluding hydrogens is 502 g/mol. The lowest BCUT2D eigenvalue weighted by molar-refractivity contribution is -0.143. The molecule has 3 atom stereocenters. The lowest BCUT2D eigenvalue weighted by Crippen LogP contribution is -2.55. The maximum atomic E-state index is 14.1. The summed E-state index contributed by atoms with van der Waals surface area (Å²) in [4.78, 5) is 41.6. The molecule has 0 aliphatic heterocycles. The van der Waals surface area contributed by atoms with Crippen molar-refractivity contribution in [3.05, 3.63) is 59.7 Å². The van der Waals surface area contributed by atoms with Gasteiger partial charge in [-0.25, -0.2) is 4.79 Å². The monoisotopic (exact) mass is 543 g/mol. The van der Waals surface area contributed by atoms with Crippen molar-refractivity contribution in [2.24, 2.45) is 0 Å². The van der Waals surface area contributed by atoms with Crippen LogP contribution in [0.25, 0.3) is 0 Å². The minimum Gasteiger partial charge on any atom is -0.508 e. The van der Waals surface area contributed by atoms with Crippen LogP contribution in [0, 0.1) is 0 Å². The number of rotatable bonds is 12. The number of aromatic hydroxyl groups is 2. The quantitative estimate of drug-likeness (QED) is 0.275. The molecule has 5 N–H and O–H groups in total. The number of hydrogen-bond acceptors (Lipinski definition) is 7. The molecule has 0 bridgehead atoms. The Labute approximate surface area is 230 Å². The summed E-state index contributed by atoms with van der Waals surface area (Å²) in [5, 5.41) is 35.7. The van der Waals surface area contributed by atoms with Crippen molar-refractivity contribution in [2.45, 2.75) is 77.6 Å². The standard InChI is InChI=1S/C29H41N3O7/c1-6-9-19(2)30-26(36)25(22-10-7-8-11-24(22)35)32(16-17-33)27(37)23(31-28(38)39-29(3,4)5)18-20-12-14-21(34)15-13-20/h7-8,10-15,19,23,25,33-35H,6,9,16-18H2,1-5H3,(H,30,36)(H,31,38). The third-order valence-electron chi connectivity index (χ3n) is 5.89. The van der Waals surface area contributed by atoms with Crippen LogP contribution in [0.5, 0.6) is 11.5 Å². The maximum absolute atomic E-state index is 14.1. The van der Waals surface area contributed by atoms with Gasteiger partial charge < -0.3 is 35.6 Å². The average Bonchev–Trinajstić information content (AvgIpc) is 2.84. The van der Waals surface area contributed by atoms with E-state index in [9.17, 15) is 29.7 Å². The number of alkyl carbamates (subject to hydrolysis) is 1. The Bertz CT molecular complexity index is 1100. The molecule has 0 aromatic heterocycles. The van der Waals surface area contributed by atoms with Crippen molar-refractivity contribution in [2.75, 3.05) is 13.2 Å². The Balaban J connectivity index is 2.53. The first-order valence-corrected chi connectivity index (χ1v) is 13.1. The predicted molar refractivity (Wildman–Crippen MR) is 147 cm³/mol. The van der Waals surface area contributed by atoms with E-state index in [-0.39, 0.29) is 36.1 Å². The molecule has 0 spiro atoms. The highest BCUT2D eigenvalue weighted by molar-refractivity contribution is 5.92. The highest BCUT2D eigenvalue weighted by atomic mass is 16.6. The summed E-state index contributed by atoms with van der Waals surface area (Å²) in [5.41, 5.74) is -0.0123. The van der Waals surface area contributed by atoms with Crippen LogP contribution < -0.4 is 10.6 Å². The molecule has 39 heavy (non-hydrogen) atoms. The summed E-state index contributed by atoms with van der Waals surface area (Å²) in [7, 11) is 0. The molecule has 10 nitrogen and oxygen atoms in total. The van der Waals surface area contributed by atoms with Crippen LogP contribution in [0.2, 0.25) is 0 Å². The van der Waals surface area contributed by atoms with Crippen LogP contribution in [0.15, 0.2) is 48.5 Å². The molecule has 2 aromatic carbocycles. The van der Waals surface area contributed by atoms with Gasteiger partial charge in [0, 0.05) is 24.6 Å². The number of aliphatic hydroxyl groups excluding tert-OH is 1. The first-order valence-electron chi connectivity index (χ1n) is 13.1. The van der Waals surface area contributed by atoms with Crippen LogP contribution in [0.3, 0.4) is 0 Å². The van der Waals surface area contributed by atoms with Gasteiger partial charge in [-0.15, -0.1) is 0 Å². The number of nitrogens with zero attached hydrogens (tertiary/aromatic N) is 1. The molecule has 0 aliphatic carbocycles. The smallest absolute Gasteiger partial charge is 0.408 e. The number of carbonyl (C=O) groups is 3. The van der Waals surface area contributed by atoms with Gasteiger partial charge in [-0.1, -0.05) is 43.7 Å². The average molecular weight is 544 g/mol. The minimum absolute atomic E-state index is 0.0155. The zero-order valence-corrected chi connectivity index (χ0v) is 23.3. The van der Waals surface area contributed by atoms with Crippen LogP contribution >= 0.6 is 0 Å². The van der Waals surface area contributed by atoms with Crippen molar-refractivity contribution >= 4 is 17.9 Å². The Hall–Kier alpha value is -3.79. The van der Waals surface area contributed by atoms with Crippen LogP contribution in [0.1, 0.15) is 64.6 Å². The van der Waals surface area contributed by atoms with Gasteiger partial charge >= 0.3 is 6.09 Å². The van der Waals surface area contributed by atoms with Crippen molar-refractivity contribution in [3.8, 4) is 11.5 Å². The van der Waals surface area contributed by atoms with Crippen molar-refractivity contribution < 1.29 is 34.4 Å². The fourth-order valence-corrected chi connectivity index (χ4v) is 4.19. The van der Waals surface area contributed by atoms with Gasteiger partial charge in [0.05, 0.1) is 6.61 Å². The molecule has 3 unspecified atom stereocenters. The number of carbonyl (C=O) groups excluding carboxylic acids is 3. The van der Waals surface area contributed by atoms with Crippen LogP contribution in [0.4, 0.5) is 4.79 Å². The van der Waals surface area contributed by atoms with Gasteiger partial charge in [-0.05, 0) is 57.9 Å². The Morgan fingerprint density at radius 2 is 1.64 bits per heavy atom. The maximum Gasteiger partial charge on any atom is 0.408 e. The zero-order chi connectivity index (χ0) is 29.2. The van der Waals surface area contributed by atoms with E-state index >= 15 is 0 Å². The highest BCUT2D eigenvalue weighted by Crippen LogP contribution is 2.30. The van der Waals surface area contributed by atoms with E-state index in [0.717, 1.165) is 11.3 Å². The molecule has 0 saturated heterocycles. The number of aliphatic hydroxyl groups is 1. The Kier molecular flexibility index (Phi) is 11.6. The lowest BCUT2D eigenvalue weighted by Gasteiger charge is -2.35. The van der Waals surface area contributed by atoms with E-state index < -0.39 is 42.2 Å². The highest BCUT2D eigenvalue weighted by Gasteiger charge is 2.37. The normalized spacial score (nSPS) is 13.6. The van der Waals surface area contributed by atoms with Gasteiger partial charge in [0.1, 0.15) is 29.2 Å². The zero-order valence-electron chi connectivity index (χ0n) is 23.3. The third-order valence-corrected chi connectivity index (χ3v) is 5.89. The largest absolute Gasteiger partial charge is 0.508 e. The summed E-state index contributed by atoms with van der Waals surface area (Å²) in [5.74, 6) is -1.33. The summed E-state index contributed by atoms with van der Waals surface area (Å²) >= 11 is 0.